The van der Waals surface area contributed by atoms with Gasteiger partial charge in [-0.1, -0.05) is 28.9 Å². The van der Waals surface area contributed by atoms with Gasteiger partial charge in [-0.2, -0.15) is 0 Å². The van der Waals surface area contributed by atoms with E-state index in [2.05, 4.69) is 28.2 Å². The second kappa shape index (κ2) is 5.80. The number of nitro groups is 1. The fourth-order valence-electron chi connectivity index (χ4n) is 2.22. The molecule has 0 bridgehead atoms. The molecule has 1 aromatic rings. The van der Waals surface area contributed by atoms with Crippen molar-refractivity contribution in [2.45, 2.75) is 32.2 Å². The number of nitrogens with zero attached hydrogens (tertiary/aromatic N) is 1. The van der Waals surface area contributed by atoms with Crippen LogP contribution in [0, 0.1) is 16.0 Å². The van der Waals surface area contributed by atoms with Gasteiger partial charge in [-0.15, -0.1) is 0 Å². The van der Waals surface area contributed by atoms with E-state index < -0.39 is 0 Å². The molecule has 4 nitrogen and oxygen atoms in total. The van der Waals surface area contributed by atoms with Gasteiger partial charge in [0.2, 0.25) is 0 Å². The molecule has 0 aromatic heterocycles. The summed E-state index contributed by atoms with van der Waals surface area (Å²) in [6.07, 6.45) is 3.52. The maximum absolute atomic E-state index is 10.7. The highest BCUT2D eigenvalue weighted by Crippen LogP contribution is 2.35. The zero-order valence-corrected chi connectivity index (χ0v) is 11.9. The lowest BCUT2D eigenvalue weighted by atomic mass is 10.0. The fourth-order valence-corrected chi connectivity index (χ4v) is 2.75. The molecule has 2 rings (SSSR count). The van der Waals surface area contributed by atoms with Crippen LogP contribution in [-0.4, -0.2) is 17.5 Å². The minimum Gasteiger partial charge on any atom is -0.314 e. The molecular formula is C13H17BrN2O2. The Bertz CT molecular complexity index is 447. The van der Waals surface area contributed by atoms with Crippen LogP contribution in [0.1, 0.15) is 25.3 Å². The van der Waals surface area contributed by atoms with Crippen LogP contribution in [0.3, 0.4) is 0 Å². The normalized spacial score (nSPS) is 16.6. The standard InChI is InChI=1S/C13H17BrN2O2/c1-2-15-13(9-3-4-9)7-10-5-6-11(16(17)18)8-12(10)14/h5-6,8-9,13,15H,2-4,7H2,1H3. The topological polar surface area (TPSA) is 55.2 Å². The molecule has 0 radical (unpaired) electrons. The molecule has 98 valence electrons. The van der Waals surface area contributed by atoms with Gasteiger partial charge in [0.1, 0.15) is 0 Å². The number of likely N-dealkylation sites (N-methyl/N-ethyl adjacent to an activating group) is 1. The third-order valence-electron chi connectivity index (χ3n) is 3.34. The zero-order valence-electron chi connectivity index (χ0n) is 10.4. The van der Waals surface area contributed by atoms with E-state index in [1.54, 1.807) is 12.1 Å². The molecule has 0 saturated heterocycles. The predicted molar refractivity (Wildman–Crippen MR) is 74.7 cm³/mol. The van der Waals surface area contributed by atoms with Crippen molar-refractivity contribution in [3.8, 4) is 0 Å². The molecule has 18 heavy (non-hydrogen) atoms. The molecule has 0 heterocycles. The average molecular weight is 313 g/mol. The lowest BCUT2D eigenvalue weighted by Crippen LogP contribution is -2.33. The Morgan fingerprint density at radius 1 is 1.56 bits per heavy atom. The summed E-state index contributed by atoms with van der Waals surface area (Å²) >= 11 is 3.43. The number of benzene rings is 1. The van der Waals surface area contributed by atoms with Crippen LogP contribution >= 0.6 is 15.9 Å². The van der Waals surface area contributed by atoms with Crippen molar-refractivity contribution < 1.29 is 4.92 Å². The van der Waals surface area contributed by atoms with Gasteiger partial charge in [0, 0.05) is 22.6 Å². The first-order chi connectivity index (χ1) is 8.61. The molecule has 0 aliphatic heterocycles. The van der Waals surface area contributed by atoms with Gasteiger partial charge in [-0.25, -0.2) is 0 Å². The van der Waals surface area contributed by atoms with Gasteiger partial charge in [0.25, 0.3) is 5.69 Å². The summed E-state index contributed by atoms with van der Waals surface area (Å²) in [5.74, 6) is 0.770. The van der Waals surface area contributed by atoms with Crippen molar-refractivity contribution in [3.05, 3.63) is 38.3 Å². The summed E-state index contributed by atoms with van der Waals surface area (Å²) in [5, 5.41) is 14.2. The molecule has 1 aromatic carbocycles. The van der Waals surface area contributed by atoms with Crippen LogP contribution in [0.5, 0.6) is 0 Å². The van der Waals surface area contributed by atoms with Crippen molar-refractivity contribution in [1.29, 1.82) is 0 Å². The first-order valence-corrected chi connectivity index (χ1v) is 7.07. The third kappa shape index (κ3) is 3.29. The van der Waals surface area contributed by atoms with E-state index in [1.807, 2.05) is 6.07 Å². The van der Waals surface area contributed by atoms with Gasteiger partial charge in [-0.05, 0) is 37.3 Å². The van der Waals surface area contributed by atoms with Crippen LogP contribution < -0.4 is 5.32 Å². The van der Waals surface area contributed by atoms with E-state index in [4.69, 9.17) is 0 Å². The van der Waals surface area contributed by atoms with E-state index in [0.29, 0.717) is 6.04 Å². The molecule has 0 spiro atoms. The minimum absolute atomic E-state index is 0.136. The van der Waals surface area contributed by atoms with E-state index in [-0.39, 0.29) is 10.6 Å². The summed E-state index contributed by atoms with van der Waals surface area (Å²) in [7, 11) is 0. The lowest BCUT2D eigenvalue weighted by molar-refractivity contribution is -0.384. The Labute approximate surface area is 115 Å². The molecular weight excluding hydrogens is 296 g/mol. The summed E-state index contributed by atoms with van der Waals surface area (Å²) < 4.78 is 0.834. The van der Waals surface area contributed by atoms with E-state index in [1.165, 1.54) is 12.8 Å². The number of nitrogens with one attached hydrogen (secondary N) is 1. The van der Waals surface area contributed by atoms with E-state index in [0.717, 1.165) is 28.9 Å². The van der Waals surface area contributed by atoms with Crippen LogP contribution in [0.4, 0.5) is 5.69 Å². The highest BCUT2D eigenvalue weighted by Gasteiger charge is 2.30. The van der Waals surface area contributed by atoms with Crippen molar-refractivity contribution in [1.82, 2.24) is 5.32 Å². The van der Waals surface area contributed by atoms with Crippen molar-refractivity contribution in [2.24, 2.45) is 5.92 Å². The van der Waals surface area contributed by atoms with Crippen LogP contribution in [0.25, 0.3) is 0 Å². The molecule has 1 N–H and O–H groups in total. The maximum Gasteiger partial charge on any atom is 0.270 e. The quantitative estimate of drug-likeness (QED) is 0.648. The summed E-state index contributed by atoms with van der Waals surface area (Å²) in [4.78, 5) is 10.3. The second-order valence-electron chi connectivity index (χ2n) is 4.74. The molecule has 1 fully saturated rings. The average Bonchev–Trinajstić information content (AvgIpc) is 3.14. The van der Waals surface area contributed by atoms with Gasteiger partial charge >= 0.3 is 0 Å². The van der Waals surface area contributed by atoms with Crippen molar-refractivity contribution in [2.75, 3.05) is 6.54 Å². The lowest BCUT2D eigenvalue weighted by Gasteiger charge is -2.18. The number of hydrogen-bond acceptors (Lipinski definition) is 3. The molecule has 1 saturated carbocycles. The maximum atomic E-state index is 10.7. The van der Waals surface area contributed by atoms with Crippen molar-refractivity contribution >= 4 is 21.6 Å². The Hall–Kier alpha value is -0.940. The predicted octanol–water partition coefficient (Wildman–Crippen LogP) is 3.29. The highest BCUT2D eigenvalue weighted by molar-refractivity contribution is 9.10. The molecule has 1 aliphatic rings. The largest absolute Gasteiger partial charge is 0.314 e. The van der Waals surface area contributed by atoms with Gasteiger partial charge < -0.3 is 5.32 Å². The number of halogens is 1. The van der Waals surface area contributed by atoms with Gasteiger partial charge in [0.15, 0.2) is 0 Å². The number of rotatable bonds is 6. The molecule has 5 heteroatoms. The van der Waals surface area contributed by atoms with Crippen LogP contribution in [-0.2, 0) is 6.42 Å². The molecule has 1 atom stereocenters. The smallest absolute Gasteiger partial charge is 0.270 e. The second-order valence-corrected chi connectivity index (χ2v) is 5.59. The Morgan fingerprint density at radius 3 is 2.78 bits per heavy atom. The Morgan fingerprint density at radius 2 is 2.28 bits per heavy atom. The number of nitro benzene ring substituents is 1. The monoisotopic (exact) mass is 312 g/mol. The Balaban J connectivity index is 2.10. The van der Waals surface area contributed by atoms with Gasteiger partial charge in [-0.3, -0.25) is 10.1 Å². The minimum atomic E-state index is -0.364. The van der Waals surface area contributed by atoms with E-state index >= 15 is 0 Å². The number of non-ortho nitro benzene ring substituents is 1. The van der Waals surface area contributed by atoms with Crippen molar-refractivity contribution in [3.63, 3.8) is 0 Å². The van der Waals surface area contributed by atoms with Gasteiger partial charge in [0.05, 0.1) is 4.92 Å². The van der Waals surface area contributed by atoms with Crippen LogP contribution in [0.15, 0.2) is 22.7 Å². The SMILES string of the molecule is CCNC(Cc1ccc([N+](=O)[O-])cc1Br)C1CC1. The first kappa shape index (κ1) is 13.5. The number of hydrogen-bond donors (Lipinski definition) is 1. The molecule has 1 aliphatic carbocycles. The zero-order chi connectivity index (χ0) is 13.1. The molecule has 0 amide bonds. The Kier molecular flexibility index (Phi) is 4.35. The third-order valence-corrected chi connectivity index (χ3v) is 4.08. The first-order valence-electron chi connectivity index (χ1n) is 6.28. The van der Waals surface area contributed by atoms with E-state index in [9.17, 15) is 10.1 Å². The summed E-state index contributed by atoms with van der Waals surface area (Å²) in [5.41, 5.74) is 1.27. The highest BCUT2D eigenvalue weighted by atomic mass is 79.9. The van der Waals surface area contributed by atoms with Crippen LogP contribution in [0.2, 0.25) is 0 Å². The fraction of sp³-hybridized carbons (Fsp3) is 0.538. The summed E-state index contributed by atoms with van der Waals surface area (Å²) in [6, 6.07) is 5.52. The molecule has 1 unspecified atom stereocenters. The summed E-state index contributed by atoms with van der Waals surface area (Å²) in [6.45, 7) is 3.08.